The number of hydrogen-bond acceptors (Lipinski definition) is 9. The molecule has 0 aliphatic rings. The van der Waals surface area contributed by atoms with Gasteiger partial charge in [0.05, 0.1) is 0 Å². The Morgan fingerprint density at radius 1 is 0.900 bits per heavy atom. The smallest absolute Gasteiger partial charge is 0.422 e. The Morgan fingerprint density at radius 3 is 2.15 bits per heavy atom. The van der Waals surface area contributed by atoms with Gasteiger partial charge in [0.25, 0.3) is 5.91 Å². The Morgan fingerprint density at radius 2 is 1.52 bits per heavy atom. The van der Waals surface area contributed by atoms with Crippen LogP contribution in [-0.2, 0) is 11.3 Å². The van der Waals surface area contributed by atoms with Gasteiger partial charge in [-0.2, -0.15) is 28.1 Å². The Balaban J connectivity index is 1.68. The van der Waals surface area contributed by atoms with Crippen LogP contribution < -0.4 is 26.0 Å². The summed E-state index contributed by atoms with van der Waals surface area (Å²) in [7, 11) is 0. The molecule has 0 fully saturated rings. The minimum absolute atomic E-state index is 0.0411. The van der Waals surface area contributed by atoms with Crippen molar-refractivity contribution < 1.29 is 32.6 Å². The molecule has 0 unspecified atom stereocenters. The summed E-state index contributed by atoms with van der Waals surface area (Å²) < 4.78 is 42.8. The van der Waals surface area contributed by atoms with Gasteiger partial charge in [0.2, 0.25) is 17.8 Å². The molecule has 0 saturated heterocycles. The van der Waals surface area contributed by atoms with Gasteiger partial charge in [-0.25, -0.2) is 0 Å². The van der Waals surface area contributed by atoms with Crippen molar-refractivity contribution in [2.75, 3.05) is 30.3 Å². The normalized spacial score (nSPS) is 11.4. The molecule has 0 aliphatic carbocycles. The molecule has 11 nitrogen and oxygen atoms in total. The number of carbonyl (C=O) groups excluding carboxylic acids is 2. The molecule has 0 aliphatic heterocycles. The van der Waals surface area contributed by atoms with Crippen molar-refractivity contribution >= 4 is 29.4 Å². The third-order valence-electron chi connectivity index (χ3n) is 5.31. The third kappa shape index (κ3) is 10.3. The van der Waals surface area contributed by atoms with Gasteiger partial charge >= 0.3 is 12.2 Å². The number of carbonyl (C=O) groups is 2. The van der Waals surface area contributed by atoms with E-state index in [0.29, 0.717) is 24.3 Å². The standard InChI is InChI=1S/C26H30F3N7O4/c1-16(37)31-13-25(2,3)14-32-21(39)18-6-8-19(9-7-18)33-23-34-22(30-12-17-4-10-20(38)11-5-17)35-24(36-23)40-15-26(27,28)29/h4-11,38H,12-15H2,1-3H3,(H,31,37)(H,32,39)(H2,30,33,34,35,36). The second-order valence-corrected chi connectivity index (χ2v) is 9.65. The first-order valence-corrected chi connectivity index (χ1v) is 12.2. The van der Waals surface area contributed by atoms with Gasteiger partial charge in [-0.3, -0.25) is 9.59 Å². The van der Waals surface area contributed by atoms with Crippen LogP contribution in [0.5, 0.6) is 11.8 Å². The molecule has 3 aromatic rings. The van der Waals surface area contributed by atoms with Gasteiger partial charge in [-0.15, -0.1) is 0 Å². The highest BCUT2D eigenvalue weighted by Gasteiger charge is 2.29. The van der Waals surface area contributed by atoms with Crippen LogP contribution in [0.4, 0.5) is 30.8 Å². The maximum atomic E-state index is 12.7. The highest BCUT2D eigenvalue weighted by molar-refractivity contribution is 5.94. The van der Waals surface area contributed by atoms with Crippen molar-refractivity contribution in [2.24, 2.45) is 5.41 Å². The minimum atomic E-state index is -4.59. The number of rotatable bonds is 12. The fourth-order valence-electron chi connectivity index (χ4n) is 3.18. The summed E-state index contributed by atoms with van der Waals surface area (Å²) in [6.45, 7) is 4.60. The molecule has 0 saturated carbocycles. The van der Waals surface area contributed by atoms with E-state index in [9.17, 15) is 27.9 Å². The molecular formula is C26H30F3N7O4. The van der Waals surface area contributed by atoms with Crippen LogP contribution in [0.3, 0.4) is 0 Å². The number of hydrogen-bond donors (Lipinski definition) is 5. The number of aromatic nitrogens is 3. The number of phenols is 1. The van der Waals surface area contributed by atoms with Gasteiger partial charge < -0.3 is 31.1 Å². The van der Waals surface area contributed by atoms with Crippen LogP contribution >= 0.6 is 0 Å². The molecule has 0 bridgehead atoms. The van der Waals surface area contributed by atoms with Crippen molar-refractivity contribution in [1.82, 2.24) is 25.6 Å². The topological polar surface area (TPSA) is 150 Å². The van der Waals surface area contributed by atoms with Crippen LogP contribution in [0.15, 0.2) is 48.5 Å². The summed E-state index contributed by atoms with van der Waals surface area (Å²) in [5.74, 6) is -0.503. The maximum Gasteiger partial charge on any atom is 0.422 e. The Labute approximate surface area is 228 Å². The summed E-state index contributed by atoms with van der Waals surface area (Å²) in [4.78, 5) is 35.7. The summed E-state index contributed by atoms with van der Waals surface area (Å²) >= 11 is 0. The zero-order chi connectivity index (χ0) is 29.3. The molecule has 40 heavy (non-hydrogen) atoms. The number of halogens is 3. The van der Waals surface area contributed by atoms with Crippen LogP contribution in [0.25, 0.3) is 0 Å². The molecule has 1 aromatic heterocycles. The van der Waals surface area contributed by atoms with E-state index in [1.807, 2.05) is 13.8 Å². The van der Waals surface area contributed by atoms with Crippen molar-refractivity contribution in [1.29, 1.82) is 0 Å². The number of aromatic hydroxyl groups is 1. The summed E-state index contributed by atoms with van der Waals surface area (Å²) in [5.41, 5.74) is 1.24. The number of nitrogens with one attached hydrogen (secondary N) is 4. The lowest BCUT2D eigenvalue weighted by Gasteiger charge is -2.25. The van der Waals surface area contributed by atoms with E-state index < -0.39 is 18.8 Å². The average Bonchev–Trinajstić information content (AvgIpc) is 2.89. The van der Waals surface area contributed by atoms with E-state index in [1.165, 1.54) is 19.1 Å². The SMILES string of the molecule is CC(=O)NCC(C)(C)CNC(=O)c1ccc(Nc2nc(NCc3ccc(O)cc3)nc(OCC(F)(F)F)n2)cc1. The molecule has 2 aromatic carbocycles. The third-order valence-corrected chi connectivity index (χ3v) is 5.31. The summed E-state index contributed by atoms with van der Waals surface area (Å²) in [6.07, 6.45) is -4.59. The number of ether oxygens (including phenoxy) is 1. The number of amides is 2. The quantitative estimate of drug-likeness (QED) is 0.223. The van der Waals surface area contributed by atoms with E-state index in [1.54, 1.807) is 36.4 Å². The largest absolute Gasteiger partial charge is 0.508 e. The molecule has 2 amide bonds. The van der Waals surface area contributed by atoms with Gasteiger partial charge in [0, 0.05) is 37.8 Å². The highest BCUT2D eigenvalue weighted by atomic mass is 19.4. The second kappa shape index (κ2) is 13.0. The van der Waals surface area contributed by atoms with Crippen molar-refractivity contribution in [3.8, 4) is 11.8 Å². The molecule has 3 rings (SSSR count). The second-order valence-electron chi connectivity index (χ2n) is 9.65. The number of phenolic OH excluding ortho intramolecular Hbond substituents is 1. The van der Waals surface area contributed by atoms with Gasteiger partial charge in [-0.05, 0) is 47.4 Å². The van der Waals surface area contributed by atoms with Crippen molar-refractivity contribution in [3.63, 3.8) is 0 Å². The van der Waals surface area contributed by atoms with Gasteiger partial charge in [-0.1, -0.05) is 26.0 Å². The predicted molar refractivity (Wildman–Crippen MR) is 141 cm³/mol. The first kappa shape index (κ1) is 29.9. The molecule has 214 valence electrons. The fourth-order valence-corrected chi connectivity index (χ4v) is 3.18. The minimum Gasteiger partial charge on any atom is -0.508 e. The number of benzene rings is 2. The van der Waals surface area contributed by atoms with E-state index in [4.69, 9.17) is 4.74 Å². The first-order chi connectivity index (χ1) is 18.8. The Kier molecular flexibility index (Phi) is 9.69. The molecule has 5 N–H and O–H groups in total. The fraction of sp³-hybridized carbons (Fsp3) is 0.346. The van der Waals surface area contributed by atoms with E-state index in [0.717, 1.165) is 5.56 Å². The number of nitrogens with zero attached hydrogens (tertiary/aromatic N) is 3. The summed E-state index contributed by atoms with van der Waals surface area (Å²) in [6, 6.07) is 12.0. The lowest BCUT2D eigenvalue weighted by atomic mass is 9.93. The van der Waals surface area contributed by atoms with Crippen molar-refractivity contribution in [3.05, 3.63) is 59.7 Å². The van der Waals surface area contributed by atoms with Gasteiger partial charge in [0.1, 0.15) is 5.75 Å². The molecule has 1 heterocycles. The van der Waals surface area contributed by atoms with E-state index >= 15 is 0 Å². The summed E-state index contributed by atoms with van der Waals surface area (Å²) in [5, 5.41) is 20.7. The molecule has 14 heteroatoms. The monoisotopic (exact) mass is 561 g/mol. The number of alkyl halides is 3. The number of anilines is 3. The predicted octanol–water partition coefficient (Wildman–Crippen LogP) is 3.77. The van der Waals surface area contributed by atoms with Crippen LogP contribution in [0.2, 0.25) is 0 Å². The molecule has 0 atom stereocenters. The highest BCUT2D eigenvalue weighted by Crippen LogP contribution is 2.21. The zero-order valence-electron chi connectivity index (χ0n) is 22.1. The lowest BCUT2D eigenvalue weighted by molar-refractivity contribution is -0.154. The van der Waals surface area contributed by atoms with Crippen molar-refractivity contribution in [2.45, 2.75) is 33.5 Å². The van der Waals surface area contributed by atoms with Gasteiger partial charge in [0.15, 0.2) is 6.61 Å². The van der Waals surface area contributed by atoms with Crippen LogP contribution in [0, 0.1) is 5.41 Å². The van der Waals surface area contributed by atoms with Crippen LogP contribution in [-0.4, -0.2) is 57.7 Å². The molecular weight excluding hydrogens is 531 g/mol. The van der Waals surface area contributed by atoms with E-state index in [-0.39, 0.29) is 41.4 Å². The average molecular weight is 562 g/mol. The Bertz CT molecular complexity index is 1300. The van der Waals surface area contributed by atoms with Crippen LogP contribution in [0.1, 0.15) is 36.7 Å². The molecule has 0 spiro atoms. The lowest BCUT2D eigenvalue weighted by Crippen LogP contribution is -2.41. The maximum absolute atomic E-state index is 12.7. The van der Waals surface area contributed by atoms with E-state index in [2.05, 4.69) is 36.2 Å². The zero-order valence-corrected chi connectivity index (χ0v) is 22.1. The Hall–Kier alpha value is -4.62. The first-order valence-electron chi connectivity index (χ1n) is 12.2. The molecule has 0 radical (unpaired) electrons.